The number of amides is 2. The van der Waals surface area contributed by atoms with Gasteiger partial charge in [-0.3, -0.25) is 9.59 Å². The molecule has 2 aromatic rings. The van der Waals surface area contributed by atoms with Crippen LogP contribution in [0, 0.1) is 6.92 Å². The van der Waals surface area contributed by atoms with E-state index in [9.17, 15) is 9.59 Å². The summed E-state index contributed by atoms with van der Waals surface area (Å²) >= 11 is 1.32. The fourth-order valence-electron chi connectivity index (χ4n) is 2.74. The van der Waals surface area contributed by atoms with Crippen LogP contribution in [0.5, 0.6) is 5.75 Å². The summed E-state index contributed by atoms with van der Waals surface area (Å²) in [5, 5.41) is 3.66. The average molecular weight is 345 g/mol. The molecule has 1 atom stereocenters. The van der Waals surface area contributed by atoms with Crippen LogP contribution in [0.1, 0.15) is 27.5 Å². The van der Waals surface area contributed by atoms with Crippen molar-refractivity contribution in [2.75, 3.05) is 18.6 Å². The van der Waals surface area contributed by atoms with Gasteiger partial charge in [0.2, 0.25) is 5.91 Å². The van der Waals surface area contributed by atoms with Gasteiger partial charge in [0.05, 0.1) is 18.3 Å². The molecular weight excluding hydrogens is 326 g/mol. The summed E-state index contributed by atoms with van der Waals surface area (Å²) in [7, 11) is 1.59. The van der Waals surface area contributed by atoms with Crippen LogP contribution in [0.25, 0.3) is 0 Å². The van der Waals surface area contributed by atoms with E-state index in [0.717, 1.165) is 17.1 Å². The lowest BCUT2D eigenvalue weighted by Crippen LogP contribution is -2.52. The van der Waals surface area contributed by atoms with Gasteiger partial charge in [0.25, 0.3) is 5.91 Å². The van der Waals surface area contributed by atoms with Crippen LogP contribution in [0.4, 0.5) is 5.69 Å². The summed E-state index contributed by atoms with van der Waals surface area (Å²) in [4.78, 5) is 31.3. The summed E-state index contributed by atoms with van der Waals surface area (Å²) in [6, 6.07) is 6.87. The number of benzene rings is 1. The second-order valence-electron chi connectivity index (χ2n) is 5.60. The minimum atomic E-state index is -0.514. The van der Waals surface area contributed by atoms with Gasteiger partial charge in [-0.25, -0.2) is 4.98 Å². The Hall–Kier alpha value is -2.41. The topological polar surface area (TPSA) is 71.5 Å². The second kappa shape index (κ2) is 7.00. The molecule has 0 radical (unpaired) electrons. The van der Waals surface area contributed by atoms with E-state index in [1.54, 1.807) is 18.2 Å². The molecule has 1 aromatic heterocycles. The van der Waals surface area contributed by atoms with Gasteiger partial charge in [0.15, 0.2) is 0 Å². The first-order valence-corrected chi connectivity index (χ1v) is 8.59. The zero-order chi connectivity index (χ0) is 17.1. The quantitative estimate of drug-likeness (QED) is 0.923. The third-order valence-corrected chi connectivity index (χ3v) is 4.87. The van der Waals surface area contributed by atoms with Crippen molar-refractivity contribution in [2.24, 2.45) is 0 Å². The third-order valence-electron chi connectivity index (χ3n) is 3.95. The molecule has 7 heteroatoms. The van der Waals surface area contributed by atoms with Crippen molar-refractivity contribution in [1.82, 2.24) is 10.3 Å². The molecule has 1 saturated heterocycles. The lowest BCUT2D eigenvalue weighted by molar-refractivity contribution is -0.121. The van der Waals surface area contributed by atoms with E-state index in [2.05, 4.69) is 10.3 Å². The van der Waals surface area contributed by atoms with Gasteiger partial charge in [-0.05, 0) is 31.9 Å². The number of hydrogen-bond acceptors (Lipinski definition) is 5. The number of ether oxygens (including phenoxy) is 1. The molecule has 1 unspecified atom stereocenters. The minimum absolute atomic E-state index is 0.0934. The Morgan fingerprint density at radius 1 is 1.46 bits per heavy atom. The Bertz CT molecular complexity index is 759. The van der Waals surface area contributed by atoms with Crippen molar-refractivity contribution >= 4 is 28.8 Å². The van der Waals surface area contributed by atoms with Gasteiger partial charge in [0, 0.05) is 18.3 Å². The molecule has 1 aliphatic rings. The molecule has 1 aliphatic heterocycles. The number of carbonyl (C=O) groups is 2. The maximum absolute atomic E-state index is 12.8. The van der Waals surface area contributed by atoms with Gasteiger partial charge in [0.1, 0.15) is 16.7 Å². The first-order chi connectivity index (χ1) is 11.6. The van der Waals surface area contributed by atoms with E-state index in [0.29, 0.717) is 23.6 Å². The van der Waals surface area contributed by atoms with E-state index >= 15 is 0 Å². The minimum Gasteiger partial charge on any atom is -0.497 e. The fourth-order valence-corrected chi connectivity index (χ4v) is 3.42. The summed E-state index contributed by atoms with van der Waals surface area (Å²) in [6.07, 6.45) is 3.01. The zero-order valence-corrected chi connectivity index (χ0v) is 14.4. The highest BCUT2D eigenvalue weighted by Crippen LogP contribution is 2.25. The molecule has 3 rings (SSSR count). The standard InChI is InChI=1S/C17H19N3O3S/c1-11-18-10-15(24-11)16(21)19-14-7-4-8-20(17(14)22)12-5-3-6-13(9-12)23-2/h3,5-6,9-10,14H,4,7-8H2,1-2H3,(H,19,21). The van der Waals surface area contributed by atoms with E-state index < -0.39 is 6.04 Å². The fraction of sp³-hybridized carbons (Fsp3) is 0.353. The number of hydrogen-bond donors (Lipinski definition) is 1. The lowest BCUT2D eigenvalue weighted by Gasteiger charge is -2.32. The number of carbonyl (C=O) groups excluding carboxylic acids is 2. The Labute approximate surface area is 144 Å². The van der Waals surface area contributed by atoms with Crippen molar-refractivity contribution < 1.29 is 14.3 Å². The molecule has 0 saturated carbocycles. The Kier molecular flexibility index (Phi) is 4.80. The van der Waals surface area contributed by atoms with Gasteiger partial charge < -0.3 is 15.0 Å². The molecule has 2 heterocycles. The van der Waals surface area contributed by atoms with Crippen LogP contribution in [-0.4, -0.2) is 36.5 Å². The van der Waals surface area contributed by atoms with Crippen LogP contribution in [0.2, 0.25) is 0 Å². The number of aromatic nitrogens is 1. The van der Waals surface area contributed by atoms with Crippen LogP contribution in [-0.2, 0) is 4.79 Å². The van der Waals surface area contributed by atoms with Crippen molar-refractivity contribution in [3.8, 4) is 5.75 Å². The summed E-state index contributed by atoms with van der Waals surface area (Å²) in [5.41, 5.74) is 0.784. The Balaban J connectivity index is 1.73. The number of nitrogens with zero attached hydrogens (tertiary/aromatic N) is 2. The molecule has 0 aliphatic carbocycles. The Morgan fingerprint density at radius 2 is 2.29 bits per heavy atom. The van der Waals surface area contributed by atoms with Gasteiger partial charge in [-0.1, -0.05) is 6.07 Å². The molecule has 1 N–H and O–H groups in total. The number of anilines is 1. The molecular formula is C17H19N3O3S. The van der Waals surface area contributed by atoms with E-state index in [4.69, 9.17) is 4.74 Å². The van der Waals surface area contributed by atoms with Crippen LogP contribution in [0.3, 0.4) is 0 Å². The SMILES string of the molecule is COc1cccc(N2CCCC(NC(=O)c3cnc(C)s3)C2=O)c1. The molecule has 2 amide bonds. The van der Waals surface area contributed by atoms with E-state index in [1.807, 2.05) is 31.2 Å². The number of methoxy groups -OCH3 is 1. The molecule has 1 fully saturated rings. The average Bonchev–Trinajstić information content (AvgIpc) is 3.03. The highest BCUT2D eigenvalue weighted by atomic mass is 32.1. The third kappa shape index (κ3) is 3.41. The normalized spacial score (nSPS) is 17.7. The second-order valence-corrected chi connectivity index (χ2v) is 6.84. The number of thiazole rings is 1. The highest BCUT2D eigenvalue weighted by molar-refractivity contribution is 7.13. The maximum atomic E-state index is 12.8. The molecule has 24 heavy (non-hydrogen) atoms. The summed E-state index contributed by atoms with van der Waals surface area (Å²) in [5.74, 6) is 0.363. The molecule has 6 nitrogen and oxygen atoms in total. The van der Waals surface area contributed by atoms with Gasteiger partial charge >= 0.3 is 0 Å². The predicted molar refractivity (Wildman–Crippen MR) is 92.7 cm³/mol. The first-order valence-electron chi connectivity index (χ1n) is 7.77. The zero-order valence-electron chi connectivity index (χ0n) is 13.6. The van der Waals surface area contributed by atoms with Crippen LogP contribution in [0.15, 0.2) is 30.5 Å². The van der Waals surface area contributed by atoms with Crippen LogP contribution >= 0.6 is 11.3 Å². The first kappa shape index (κ1) is 16.4. The van der Waals surface area contributed by atoms with Crippen molar-refractivity contribution in [1.29, 1.82) is 0 Å². The van der Waals surface area contributed by atoms with Crippen molar-refractivity contribution in [2.45, 2.75) is 25.8 Å². The van der Waals surface area contributed by atoms with E-state index in [-0.39, 0.29) is 11.8 Å². The predicted octanol–water partition coefficient (Wildman–Crippen LogP) is 2.39. The number of aryl methyl sites for hydroxylation is 1. The summed E-state index contributed by atoms with van der Waals surface area (Å²) in [6.45, 7) is 2.48. The molecule has 0 bridgehead atoms. The van der Waals surface area contributed by atoms with Gasteiger partial charge in [-0.2, -0.15) is 0 Å². The van der Waals surface area contributed by atoms with Crippen molar-refractivity contribution in [3.63, 3.8) is 0 Å². The molecule has 126 valence electrons. The number of piperidine rings is 1. The maximum Gasteiger partial charge on any atom is 0.263 e. The monoisotopic (exact) mass is 345 g/mol. The van der Waals surface area contributed by atoms with E-state index in [1.165, 1.54) is 11.3 Å². The Morgan fingerprint density at radius 3 is 3.00 bits per heavy atom. The number of nitrogens with one attached hydrogen (secondary N) is 1. The lowest BCUT2D eigenvalue weighted by atomic mass is 10.0. The van der Waals surface area contributed by atoms with Crippen LogP contribution < -0.4 is 15.0 Å². The van der Waals surface area contributed by atoms with Crippen molar-refractivity contribution in [3.05, 3.63) is 40.3 Å². The highest BCUT2D eigenvalue weighted by Gasteiger charge is 2.31. The molecule has 0 spiro atoms. The van der Waals surface area contributed by atoms with Gasteiger partial charge in [-0.15, -0.1) is 11.3 Å². The summed E-state index contributed by atoms with van der Waals surface area (Å²) < 4.78 is 5.22. The largest absolute Gasteiger partial charge is 0.497 e. The smallest absolute Gasteiger partial charge is 0.263 e. The molecule has 1 aromatic carbocycles. The number of rotatable bonds is 4.